The maximum absolute atomic E-state index is 11.5. The van der Waals surface area contributed by atoms with E-state index in [0.717, 1.165) is 12.8 Å². The molecule has 7 heteroatoms. The number of methoxy groups -OCH3 is 1. The van der Waals surface area contributed by atoms with Crippen LogP contribution in [0.4, 0.5) is 11.4 Å². The predicted molar refractivity (Wildman–Crippen MR) is 78.4 cm³/mol. The first-order valence-corrected chi connectivity index (χ1v) is 6.71. The number of nitro groups is 1. The second kappa shape index (κ2) is 8.21. The molecule has 1 unspecified atom stereocenters. The second-order valence-corrected chi connectivity index (χ2v) is 4.84. The molecule has 0 aliphatic heterocycles. The summed E-state index contributed by atoms with van der Waals surface area (Å²) in [5, 5.41) is 22.9. The van der Waals surface area contributed by atoms with Gasteiger partial charge in [0.15, 0.2) is 0 Å². The predicted octanol–water partition coefficient (Wildman–Crippen LogP) is 2.20. The third-order valence-electron chi connectivity index (χ3n) is 3.12. The van der Waals surface area contributed by atoms with Gasteiger partial charge >= 0.3 is 5.97 Å². The highest BCUT2D eigenvalue weighted by Crippen LogP contribution is 2.26. The average Bonchev–Trinajstić information content (AvgIpc) is 2.49. The van der Waals surface area contributed by atoms with Gasteiger partial charge in [0.05, 0.1) is 17.6 Å². The minimum Gasteiger partial charge on any atom is -0.465 e. The number of aliphatic hydroxyl groups excluding tert-OH is 1. The van der Waals surface area contributed by atoms with Gasteiger partial charge in [-0.3, -0.25) is 10.1 Å². The summed E-state index contributed by atoms with van der Waals surface area (Å²) in [6, 6.07) is 4.06. The van der Waals surface area contributed by atoms with Gasteiger partial charge in [-0.25, -0.2) is 4.79 Å². The van der Waals surface area contributed by atoms with Crippen LogP contribution in [0.25, 0.3) is 0 Å². The van der Waals surface area contributed by atoms with E-state index >= 15 is 0 Å². The van der Waals surface area contributed by atoms with Gasteiger partial charge in [-0.2, -0.15) is 0 Å². The molecule has 7 nitrogen and oxygen atoms in total. The third kappa shape index (κ3) is 5.03. The Morgan fingerprint density at radius 3 is 2.81 bits per heavy atom. The van der Waals surface area contributed by atoms with E-state index in [1.54, 1.807) is 0 Å². The summed E-state index contributed by atoms with van der Waals surface area (Å²) in [4.78, 5) is 21.9. The molecule has 0 fully saturated rings. The van der Waals surface area contributed by atoms with Gasteiger partial charge in [0, 0.05) is 19.2 Å². The molecule has 21 heavy (non-hydrogen) atoms. The number of carbonyl (C=O) groups excluding carboxylic acids is 1. The van der Waals surface area contributed by atoms with E-state index in [0.29, 0.717) is 12.2 Å². The van der Waals surface area contributed by atoms with E-state index in [4.69, 9.17) is 5.11 Å². The van der Waals surface area contributed by atoms with Crippen LogP contribution >= 0.6 is 0 Å². The Labute approximate surface area is 123 Å². The molecule has 0 saturated carbocycles. The molecule has 1 aromatic carbocycles. The van der Waals surface area contributed by atoms with Crippen molar-refractivity contribution in [3.8, 4) is 0 Å². The Bertz CT molecular complexity index is 504. The highest BCUT2D eigenvalue weighted by Gasteiger charge is 2.16. The maximum atomic E-state index is 11.5. The largest absolute Gasteiger partial charge is 0.465 e. The molecule has 2 N–H and O–H groups in total. The zero-order valence-electron chi connectivity index (χ0n) is 12.2. The van der Waals surface area contributed by atoms with Crippen LogP contribution < -0.4 is 5.32 Å². The molecular formula is C14H20N2O5. The fraction of sp³-hybridized carbons (Fsp3) is 0.500. The number of nitro benzene ring substituents is 1. The van der Waals surface area contributed by atoms with Gasteiger partial charge in [-0.1, -0.05) is 6.92 Å². The molecule has 0 heterocycles. The minimum atomic E-state index is -0.540. The molecule has 1 rings (SSSR count). The number of aliphatic hydroxyl groups is 1. The number of hydrogen-bond donors (Lipinski definition) is 2. The van der Waals surface area contributed by atoms with E-state index < -0.39 is 10.9 Å². The highest BCUT2D eigenvalue weighted by atomic mass is 16.6. The van der Waals surface area contributed by atoms with Gasteiger partial charge in [0.2, 0.25) is 0 Å². The minimum absolute atomic E-state index is 0.0853. The number of rotatable bonds is 8. The molecule has 0 spiro atoms. The Kier molecular flexibility index (Phi) is 6.61. The lowest BCUT2D eigenvalue weighted by atomic mass is 10.1. The van der Waals surface area contributed by atoms with Crippen molar-refractivity contribution in [1.29, 1.82) is 0 Å². The van der Waals surface area contributed by atoms with Gasteiger partial charge in [0.25, 0.3) is 5.69 Å². The summed E-state index contributed by atoms with van der Waals surface area (Å²) in [7, 11) is 1.26. The molecule has 0 aromatic heterocycles. The summed E-state index contributed by atoms with van der Waals surface area (Å²) in [5.41, 5.74) is 0.465. The number of nitrogens with zero attached hydrogens (tertiary/aromatic N) is 1. The Morgan fingerprint density at radius 1 is 1.52 bits per heavy atom. The van der Waals surface area contributed by atoms with Crippen LogP contribution in [-0.4, -0.2) is 36.3 Å². The number of carbonyl (C=O) groups is 1. The molecule has 0 radical (unpaired) electrons. The quantitative estimate of drug-likeness (QED) is 0.330. The number of esters is 1. The molecule has 1 atom stereocenters. The van der Waals surface area contributed by atoms with E-state index in [-0.39, 0.29) is 23.8 Å². The molecule has 116 valence electrons. The van der Waals surface area contributed by atoms with Gasteiger partial charge in [-0.05, 0) is 30.9 Å². The van der Waals surface area contributed by atoms with Crippen molar-refractivity contribution in [2.75, 3.05) is 25.6 Å². The summed E-state index contributed by atoms with van der Waals surface area (Å²) in [6.45, 7) is 2.58. The summed E-state index contributed by atoms with van der Waals surface area (Å²) in [6.07, 6.45) is 1.58. The number of nitrogens with one attached hydrogen (secondary N) is 1. The fourth-order valence-corrected chi connectivity index (χ4v) is 1.85. The first-order valence-electron chi connectivity index (χ1n) is 6.71. The van der Waals surface area contributed by atoms with E-state index in [2.05, 4.69) is 10.1 Å². The van der Waals surface area contributed by atoms with Crippen molar-refractivity contribution in [3.05, 3.63) is 33.9 Å². The zero-order valence-corrected chi connectivity index (χ0v) is 12.2. The lowest BCUT2D eigenvalue weighted by Gasteiger charge is -2.10. The smallest absolute Gasteiger partial charge is 0.337 e. The Balaban J connectivity index is 2.77. The average molecular weight is 296 g/mol. The van der Waals surface area contributed by atoms with Crippen molar-refractivity contribution in [2.45, 2.75) is 19.8 Å². The zero-order chi connectivity index (χ0) is 15.8. The fourth-order valence-electron chi connectivity index (χ4n) is 1.85. The summed E-state index contributed by atoms with van der Waals surface area (Å²) in [5.74, 6) is -0.343. The van der Waals surface area contributed by atoms with Crippen molar-refractivity contribution >= 4 is 17.3 Å². The van der Waals surface area contributed by atoms with Crippen LogP contribution in [0.15, 0.2) is 18.2 Å². The maximum Gasteiger partial charge on any atom is 0.337 e. The number of hydrogen-bond acceptors (Lipinski definition) is 6. The molecule has 0 aliphatic carbocycles. The monoisotopic (exact) mass is 296 g/mol. The SMILES string of the molecule is COC(=O)c1ccc([N+](=O)[O-])c(NCCCC(C)CO)c1. The van der Waals surface area contributed by atoms with Crippen LogP contribution in [0, 0.1) is 16.0 Å². The van der Waals surface area contributed by atoms with Crippen LogP contribution in [0.5, 0.6) is 0 Å². The Morgan fingerprint density at radius 2 is 2.24 bits per heavy atom. The lowest BCUT2D eigenvalue weighted by Crippen LogP contribution is -2.09. The topological polar surface area (TPSA) is 102 Å². The molecule has 0 aliphatic rings. The van der Waals surface area contributed by atoms with Crippen molar-refractivity contribution in [3.63, 3.8) is 0 Å². The first kappa shape index (κ1) is 16.9. The lowest BCUT2D eigenvalue weighted by molar-refractivity contribution is -0.384. The van der Waals surface area contributed by atoms with E-state index in [9.17, 15) is 14.9 Å². The van der Waals surface area contributed by atoms with Gasteiger partial charge in [0.1, 0.15) is 5.69 Å². The molecular weight excluding hydrogens is 276 g/mol. The first-order chi connectivity index (χ1) is 9.99. The second-order valence-electron chi connectivity index (χ2n) is 4.84. The van der Waals surface area contributed by atoms with Crippen LogP contribution in [0.2, 0.25) is 0 Å². The summed E-state index contributed by atoms with van der Waals surface area (Å²) < 4.78 is 4.60. The van der Waals surface area contributed by atoms with Crippen molar-refractivity contribution in [2.24, 2.45) is 5.92 Å². The van der Waals surface area contributed by atoms with Gasteiger partial charge < -0.3 is 15.2 Å². The van der Waals surface area contributed by atoms with Gasteiger partial charge in [-0.15, -0.1) is 0 Å². The Hall–Kier alpha value is -2.15. The van der Waals surface area contributed by atoms with Crippen LogP contribution in [-0.2, 0) is 4.74 Å². The molecule has 1 aromatic rings. The number of benzene rings is 1. The normalized spacial score (nSPS) is 11.8. The standard InChI is InChI=1S/C14H20N2O5/c1-10(9-17)4-3-7-15-12-8-11(14(18)21-2)5-6-13(12)16(19)20/h5-6,8,10,15,17H,3-4,7,9H2,1-2H3. The van der Waals surface area contributed by atoms with E-state index in [1.807, 2.05) is 6.92 Å². The third-order valence-corrected chi connectivity index (χ3v) is 3.12. The highest BCUT2D eigenvalue weighted by molar-refractivity contribution is 5.91. The van der Waals surface area contributed by atoms with Crippen LogP contribution in [0.1, 0.15) is 30.1 Å². The van der Waals surface area contributed by atoms with Crippen LogP contribution in [0.3, 0.4) is 0 Å². The molecule has 0 bridgehead atoms. The van der Waals surface area contributed by atoms with Crippen molar-refractivity contribution in [1.82, 2.24) is 0 Å². The number of ether oxygens (including phenoxy) is 1. The number of anilines is 1. The van der Waals surface area contributed by atoms with E-state index in [1.165, 1.54) is 25.3 Å². The summed E-state index contributed by atoms with van der Waals surface area (Å²) >= 11 is 0. The van der Waals surface area contributed by atoms with Crippen molar-refractivity contribution < 1.29 is 19.6 Å². The molecule has 0 amide bonds. The molecule has 0 saturated heterocycles.